The van der Waals surface area contributed by atoms with Crippen LogP contribution in [0.1, 0.15) is 38.2 Å². The summed E-state index contributed by atoms with van der Waals surface area (Å²) >= 11 is 0. The second-order valence-corrected chi connectivity index (χ2v) is 10.9. The van der Waals surface area contributed by atoms with Crippen molar-refractivity contribution >= 4 is 0 Å². The van der Waals surface area contributed by atoms with Crippen molar-refractivity contribution in [2.24, 2.45) is 0 Å². The van der Waals surface area contributed by atoms with Crippen molar-refractivity contribution < 1.29 is 20.1 Å². The monoisotopic (exact) mass is 817 g/mol. The van der Waals surface area contributed by atoms with Crippen LogP contribution in [0.25, 0.3) is 45.0 Å². The second-order valence-electron chi connectivity index (χ2n) is 10.9. The Morgan fingerprint density at radius 2 is 1.00 bits per heavy atom. The molecule has 3 aromatic carbocycles. The van der Waals surface area contributed by atoms with E-state index in [4.69, 9.17) is 4.98 Å². The zero-order valence-electron chi connectivity index (χ0n) is 27.8. The van der Waals surface area contributed by atoms with Gasteiger partial charge in [0.05, 0.1) is 5.69 Å². The van der Waals surface area contributed by atoms with Crippen LogP contribution in [0.3, 0.4) is 0 Å². The van der Waals surface area contributed by atoms with E-state index in [2.05, 4.69) is 64.1 Å². The largest absolute Gasteiger partial charge is 3.00 e. The molecule has 5 nitrogen and oxygen atoms in total. The first kappa shape index (κ1) is 36.7. The van der Waals surface area contributed by atoms with E-state index in [1.54, 1.807) is 12.4 Å². The zero-order valence-corrected chi connectivity index (χ0v) is 30.1. The average Bonchev–Trinajstić information content (AvgIpc) is 3.17. The number of hydrogen-bond donors (Lipinski definition) is 0. The topological polar surface area (TPSA) is 64.5 Å². The van der Waals surface area contributed by atoms with Crippen molar-refractivity contribution in [1.82, 2.24) is 24.9 Å². The summed E-state index contributed by atoms with van der Waals surface area (Å²) in [5, 5.41) is 0. The van der Waals surface area contributed by atoms with Gasteiger partial charge in [-0.15, -0.1) is 108 Å². The molecular weight excluding hydrogens is 779 g/mol. The molecule has 6 heteroatoms. The summed E-state index contributed by atoms with van der Waals surface area (Å²) in [6.45, 7) is 4.33. The molecule has 0 bridgehead atoms. The smallest absolute Gasteiger partial charge is 0.305 e. The van der Waals surface area contributed by atoms with E-state index >= 15 is 0 Å². The minimum absolute atomic E-state index is 0. The van der Waals surface area contributed by atoms with Crippen LogP contribution >= 0.6 is 0 Å². The number of aromatic nitrogens is 5. The van der Waals surface area contributed by atoms with Crippen LogP contribution in [0.5, 0.6) is 0 Å². The van der Waals surface area contributed by atoms with Gasteiger partial charge in [-0.2, -0.15) is 0 Å². The molecule has 0 aliphatic heterocycles. The molecule has 0 unspecified atom stereocenters. The molecule has 0 saturated heterocycles. The van der Waals surface area contributed by atoms with E-state index in [0.29, 0.717) is 0 Å². The molecule has 0 aliphatic rings. The number of hydrogen-bond acceptors (Lipinski definition) is 5. The van der Waals surface area contributed by atoms with Crippen molar-refractivity contribution in [2.75, 3.05) is 0 Å². The maximum absolute atomic E-state index is 4.72. The first-order chi connectivity index (χ1) is 23.7. The average molecular weight is 817 g/mol. The maximum Gasteiger partial charge on any atom is 3.00 e. The normalized spacial score (nSPS) is 10.0. The van der Waals surface area contributed by atoms with Crippen molar-refractivity contribution in [1.29, 1.82) is 0 Å². The Morgan fingerprint density at radius 1 is 0.490 bits per heavy atom. The molecule has 49 heavy (non-hydrogen) atoms. The van der Waals surface area contributed by atoms with Gasteiger partial charge in [0, 0.05) is 36.3 Å². The molecule has 4 aromatic heterocycles. The fourth-order valence-electron chi connectivity index (χ4n) is 4.83. The molecule has 0 spiro atoms. The van der Waals surface area contributed by atoms with Gasteiger partial charge >= 0.3 is 20.1 Å². The Labute approximate surface area is 304 Å². The fourth-order valence-corrected chi connectivity index (χ4v) is 4.83. The number of rotatable bonds is 8. The molecular formula is C43H38IrN5. The summed E-state index contributed by atoms with van der Waals surface area (Å²) < 4.78 is 0. The van der Waals surface area contributed by atoms with Gasteiger partial charge in [0.1, 0.15) is 5.82 Å². The van der Waals surface area contributed by atoms with E-state index < -0.39 is 0 Å². The summed E-state index contributed by atoms with van der Waals surface area (Å²) in [7, 11) is 0. The van der Waals surface area contributed by atoms with Gasteiger partial charge in [0.15, 0.2) is 0 Å². The number of aryl methyl sites for hydroxylation is 2. The third kappa shape index (κ3) is 11.5. The maximum atomic E-state index is 4.72. The van der Waals surface area contributed by atoms with Crippen LogP contribution in [-0.2, 0) is 32.9 Å². The fraction of sp³-hybridized carbons (Fsp3) is 0.140. The van der Waals surface area contributed by atoms with Gasteiger partial charge in [-0.1, -0.05) is 56.7 Å². The van der Waals surface area contributed by atoms with Crippen LogP contribution in [0.15, 0.2) is 146 Å². The van der Waals surface area contributed by atoms with Gasteiger partial charge in [0.2, 0.25) is 0 Å². The van der Waals surface area contributed by atoms with E-state index in [1.165, 1.54) is 0 Å². The molecule has 0 N–H and O–H groups in total. The van der Waals surface area contributed by atoms with Gasteiger partial charge in [-0.3, -0.25) is 0 Å². The van der Waals surface area contributed by atoms with E-state index in [9.17, 15) is 0 Å². The van der Waals surface area contributed by atoms with Crippen LogP contribution in [0.2, 0.25) is 0 Å². The summed E-state index contributed by atoms with van der Waals surface area (Å²) in [6, 6.07) is 50.9. The van der Waals surface area contributed by atoms with Gasteiger partial charge in [-0.25, -0.2) is 9.97 Å². The second kappa shape index (κ2) is 20.3. The molecule has 0 amide bonds. The van der Waals surface area contributed by atoms with Crippen molar-refractivity contribution in [3.63, 3.8) is 0 Å². The predicted octanol–water partition coefficient (Wildman–Crippen LogP) is 10.0. The SMILES string of the molecule is CCCc1cc(-c2ccc(-c3[c-]cccc3)nc2)nc(CCC)n1.[Ir+3].[c-]1ccccc1-c1ccccn1.[c-]1ccccc1-c1ccccn1. The third-order valence-corrected chi connectivity index (χ3v) is 7.15. The summed E-state index contributed by atoms with van der Waals surface area (Å²) in [4.78, 5) is 22.4. The molecule has 0 radical (unpaired) electrons. The first-order valence-electron chi connectivity index (χ1n) is 16.3. The van der Waals surface area contributed by atoms with Crippen molar-refractivity contribution in [3.05, 3.63) is 176 Å². The molecule has 0 saturated carbocycles. The Kier molecular flexibility index (Phi) is 15.2. The quantitative estimate of drug-likeness (QED) is 0.143. The van der Waals surface area contributed by atoms with Crippen LogP contribution in [0.4, 0.5) is 0 Å². The van der Waals surface area contributed by atoms with E-state index in [-0.39, 0.29) is 20.1 Å². The molecule has 0 atom stereocenters. The predicted molar refractivity (Wildman–Crippen MR) is 195 cm³/mol. The number of nitrogens with zero attached hydrogens (tertiary/aromatic N) is 5. The minimum Gasteiger partial charge on any atom is -0.305 e. The van der Waals surface area contributed by atoms with Gasteiger partial charge < -0.3 is 15.0 Å². The van der Waals surface area contributed by atoms with Crippen molar-refractivity contribution in [3.8, 4) is 45.0 Å². The first-order valence-corrected chi connectivity index (χ1v) is 16.3. The summed E-state index contributed by atoms with van der Waals surface area (Å²) in [5.41, 5.74) is 9.07. The Hall–Kier alpha value is -5.16. The minimum atomic E-state index is 0. The molecule has 7 aromatic rings. The molecule has 7 rings (SSSR count). The molecule has 0 aliphatic carbocycles. The molecule has 4 heterocycles. The van der Waals surface area contributed by atoms with Crippen LogP contribution in [0, 0.1) is 18.2 Å². The van der Waals surface area contributed by atoms with E-state index in [0.717, 1.165) is 82.2 Å². The summed E-state index contributed by atoms with van der Waals surface area (Å²) in [6.07, 6.45) is 9.50. The van der Waals surface area contributed by atoms with Gasteiger partial charge in [-0.05, 0) is 48.1 Å². The Bertz CT molecular complexity index is 1730. The third-order valence-electron chi connectivity index (χ3n) is 7.15. The van der Waals surface area contributed by atoms with Gasteiger partial charge in [0.25, 0.3) is 0 Å². The molecule has 244 valence electrons. The number of benzene rings is 3. The Balaban J connectivity index is 0.000000181. The number of pyridine rings is 3. The van der Waals surface area contributed by atoms with Crippen molar-refractivity contribution in [2.45, 2.75) is 39.5 Å². The van der Waals surface area contributed by atoms with Crippen LogP contribution < -0.4 is 0 Å². The molecule has 0 fully saturated rings. The summed E-state index contributed by atoms with van der Waals surface area (Å²) in [5.74, 6) is 0.930. The standard InChI is InChI=1S/C21H22N3.2C11H8N.Ir/c1-3-8-18-14-20(24-21(23-18)9-4-2)17-12-13-19(22-15-17)16-10-6-5-7-11-16;2*1-2-6-10(7-3-1)11-8-4-5-9-12-11;/h5-7,10,12-15H,3-4,8-9H2,1-2H3;2*1-6,8-9H;/q3*-1;+3. The van der Waals surface area contributed by atoms with E-state index in [1.807, 2.05) is 121 Å². The zero-order chi connectivity index (χ0) is 33.2. The Morgan fingerprint density at radius 3 is 1.41 bits per heavy atom. The van der Waals surface area contributed by atoms with Crippen LogP contribution in [-0.4, -0.2) is 24.9 Å².